The van der Waals surface area contributed by atoms with Gasteiger partial charge in [-0.3, -0.25) is 9.59 Å². The Bertz CT molecular complexity index is 772. The van der Waals surface area contributed by atoms with Crippen molar-refractivity contribution < 1.29 is 24.2 Å². The molecule has 0 aliphatic heterocycles. The molecular formula is C19H21NO5. The summed E-state index contributed by atoms with van der Waals surface area (Å²) in [6, 6.07) is 11.7. The van der Waals surface area contributed by atoms with Gasteiger partial charge >= 0.3 is 5.97 Å². The van der Waals surface area contributed by atoms with Crippen LogP contribution in [0.2, 0.25) is 0 Å². The van der Waals surface area contributed by atoms with Gasteiger partial charge in [0.1, 0.15) is 0 Å². The van der Waals surface area contributed by atoms with Crippen molar-refractivity contribution in [1.29, 1.82) is 0 Å². The molecule has 2 aromatic rings. The second-order valence-electron chi connectivity index (χ2n) is 5.44. The van der Waals surface area contributed by atoms with E-state index in [2.05, 4.69) is 5.32 Å². The molecule has 0 fully saturated rings. The standard InChI is InChI=1S/C19H21NO5/c1-4-25-16-9-8-14(11-17(16)24-3)18(21)20-15-7-5-6-13(10-15)12(2)19(22)23/h5-12H,4H2,1-3H3,(H,20,21)(H,22,23). The van der Waals surface area contributed by atoms with Crippen LogP contribution in [0.5, 0.6) is 11.5 Å². The first kappa shape index (κ1) is 18.3. The van der Waals surface area contributed by atoms with Crippen molar-refractivity contribution in [3.8, 4) is 11.5 Å². The van der Waals surface area contributed by atoms with Crippen LogP contribution in [-0.4, -0.2) is 30.7 Å². The molecule has 6 nitrogen and oxygen atoms in total. The van der Waals surface area contributed by atoms with E-state index in [9.17, 15) is 9.59 Å². The number of rotatable bonds is 7. The van der Waals surface area contributed by atoms with E-state index in [4.69, 9.17) is 14.6 Å². The molecule has 0 aliphatic carbocycles. The van der Waals surface area contributed by atoms with Gasteiger partial charge in [-0.25, -0.2) is 0 Å². The molecule has 132 valence electrons. The van der Waals surface area contributed by atoms with E-state index in [1.165, 1.54) is 7.11 Å². The number of nitrogens with one attached hydrogen (secondary N) is 1. The zero-order valence-corrected chi connectivity index (χ0v) is 14.4. The lowest BCUT2D eigenvalue weighted by Crippen LogP contribution is -2.13. The summed E-state index contributed by atoms with van der Waals surface area (Å²) in [6.07, 6.45) is 0. The molecule has 6 heteroatoms. The molecule has 2 N–H and O–H groups in total. The van der Waals surface area contributed by atoms with Crippen LogP contribution in [0.3, 0.4) is 0 Å². The summed E-state index contributed by atoms with van der Waals surface area (Å²) in [6.45, 7) is 3.96. The first-order valence-corrected chi connectivity index (χ1v) is 7.91. The minimum absolute atomic E-state index is 0.318. The van der Waals surface area contributed by atoms with Crippen LogP contribution in [0.25, 0.3) is 0 Å². The van der Waals surface area contributed by atoms with Gasteiger partial charge in [0, 0.05) is 11.3 Å². The van der Waals surface area contributed by atoms with Crippen molar-refractivity contribution >= 4 is 17.6 Å². The fourth-order valence-corrected chi connectivity index (χ4v) is 2.32. The van der Waals surface area contributed by atoms with E-state index in [0.29, 0.717) is 34.9 Å². The lowest BCUT2D eigenvalue weighted by molar-refractivity contribution is -0.138. The minimum Gasteiger partial charge on any atom is -0.493 e. The Morgan fingerprint density at radius 3 is 2.56 bits per heavy atom. The predicted molar refractivity (Wildman–Crippen MR) is 94.6 cm³/mol. The molecule has 1 atom stereocenters. The Hall–Kier alpha value is -3.02. The maximum Gasteiger partial charge on any atom is 0.310 e. The number of amides is 1. The molecule has 2 aromatic carbocycles. The third kappa shape index (κ3) is 4.50. The lowest BCUT2D eigenvalue weighted by Gasteiger charge is -2.12. The fraction of sp³-hybridized carbons (Fsp3) is 0.263. The van der Waals surface area contributed by atoms with E-state index in [-0.39, 0.29) is 5.91 Å². The average Bonchev–Trinajstić information content (AvgIpc) is 2.61. The topological polar surface area (TPSA) is 84.9 Å². The van der Waals surface area contributed by atoms with Gasteiger partial charge in [-0.2, -0.15) is 0 Å². The van der Waals surface area contributed by atoms with Crippen molar-refractivity contribution in [2.75, 3.05) is 19.0 Å². The fourth-order valence-electron chi connectivity index (χ4n) is 2.32. The van der Waals surface area contributed by atoms with Crippen LogP contribution in [0.1, 0.15) is 35.7 Å². The van der Waals surface area contributed by atoms with Gasteiger partial charge in [-0.1, -0.05) is 12.1 Å². The van der Waals surface area contributed by atoms with E-state index < -0.39 is 11.9 Å². The molecule has 0 aliphatic rings. The molecular weight excluding hydrogens is 322 g/mol. The van der Waals surface area contributed by atoms with Gasteiger partial charge in [0.05, 0.1) is 19.6 Å². The lowest BCUT2D eigenvalue weighted by atomic mass is 10.0. The molecule has 0 bridgehead atoms. The second-order valence-corrected chi connectivity index (χ2v) is 5.44. The molecule has 25 heavy (non-hydrogen) atoms. The first-order chi connectivity index (χ1) is 12.0. The number of carboxylic acid groups (broad SMARTS) is 1. The van der Waals surface area contributed by atoms with Gasteiger partial charge in [-0.05, 0) is 49.7 Å². The van der Waals surface area contributed by atoms with E-state index in [0.717, 1.165) is 0 Å². The van der Waals surface area contributed by atoms with E-state index >= 15 is 0 Å². The number of carbonyl (C=O) groups is 2. The summed E-state index contributed by atoms with van der Waals surface area (Å²) >= 11 is 0. The molecule has 0 heterocycles. The summed E-state index contributed by atoms with van der Waals surface area (Å²) in [7, 11) is 1.51. The monoisotopic (exact) mass is 343 g/mol. The van der Waals surface area contributed by atoms with Crippen molar-refractivity contribution in [3.63, 3.8) is 0 Å². The zero-order valence-electron chi connectivity index (χ0n) is 14.4. The molecule has 0 saturated heterocycles. The summed E-state index contributed by atoms with van der Waals surface area (Å²) in [5, 5.41) is 11.9. The number of aliphatic carboxylic acids is 1. The average molecular weight is 343 g/mol. The van der Waals surface area contributed by atoms with Crippen LogP contribution in [0.4, 0.5) is 5.69 Å². The third-order valence-electron chi connectivity index (χ3n) is 3.74. The Balaban J connectivity index is 2.19. The highest BCUT2D eigenvalue weighted by Crippen LogP contribution is 2.28. The predicted octanol–water partition coefficient (Wildman–Crippen LogP) is 3.53. The Morgan fingerprint density at radius 1 is 1.16 bits per heavy atom. The van der Waals surface area contributed by atoms with E-state index in [1.807, 2.05) is 6.92 Å². The number of methoxy groups -OCH3 is 1. The Morgan fingerprint density at radius 2 is 1.92 bits per heavy atom. The van der Waals surface area contributed by atoms with Crippen LogP contribution in [0, 0.1) is 0 Å². The van der Waals surface area contributed by atoms with Crippen molar-refractivity contribution in [2.45, 2.75) is 19.8 Å². The van der Waals surface area contributed by atoms with Gasteiger partial charge < -0.3 is 19.9 Å². The van der Waals surface area contributed by atoms with Crippen LogP contribution < -0.4 is 14.8 Å². The third-order valence-corrected chi connectivity index (χ3v) is 3.74. The number of anilines is 1. The smallest absolute Gasteiger partial charge is 0.310 e. The number of carboxylic acids is 1. The minimum atomic E-state index is -0.917. The highest BCUT2D eigenvalue weighted by atomic mass is 16.5. The number of hydrogen-bond donors (Lipinski definition) is 2. The number of carbonyl (C=O) groups excluding carboxylic acids is 1. The van der Waals surface area contributed by atoms with Crippen molar-refractivity contribution in [3.05, 3.63) is 53.6 Å². The van der Waals surface area contributed by atoms with Crippen LogP contribution >= 0.6 is 0 Å². The maximum atomic E-state index is 12.4. The van der Waals surface area contributed by atoms with Crippen molar-refractivity contribution in [1.82, 2.24) is 0 Å². The van der Waals surface area contributed by atoms with E-state index in [1.54, 1.807) is 49.4 Å². The molecule has 0 radical (unpaired) electrons. The summed E-state index contributed by atoms with van der Waals surface area (Å²) in [4.78, 5) is 23.5. The number of ether oxygens (including phenoxy) is 2. The summed E-state index contributed by atoms with van der Waals surface area (Å²) < 4.78 is 10.7. The Kier molecular flexibility index (Phi) is 6.00. The van der Waals surface area contributed by atoms with Crippen LogP contribution in [-0.2, 0) is 4.79 Å². The molecule has 2 rings (SSSR count). The molecule has 0 spiro atoms. The van der Waals surface area contributed by atoms with Crippen molar-refractivity contribution in [2.24, 2.45) is 0 Å². The Labute approximate surface area is 146 Å². The molecule has 1 amide bonds. The zero-order chi connectivity index (χ0) is 18.4. The molecule has 0 aromatic heterocycles. The molecule has 1 unspecified atom stereocenters. The highest BCUT2D eigenvalue weighted by molar-refractivity contribution is 6.04. The second kappa shape index (κ2) is 8.19. The number of benzene rings is 2. The summed E-state index contributed by atoms with van der Waals surface area (Å²) in [5.41, 5.74) is 1.56. The van der Waals surface area contributed by atoms with Gasteiger partial charge in [0.15, 0.2) is 11.5 Å². The van der Waals surface area contributed by atoms with Crippen LogP contribution in [0.15, 0.2) is 42.5 Å². The SMILES string of the molecule is CCOc1ccc(C(=O)Nc2cccc(C(C)C(=O)O)c2)cc1OC. The van der Waals surface area contributed by atoms with Gasteiger partial charge in [0.25, 0.3) is 5.91 Å². The summed E-state index contributed by atoms with van der Waals surface area (Å²) in [5.74, 6) is -0.842. The normalized spacial score (nSPS) is 11.5. The maximum absolute atomic E-state index is 12.4. The highest BCUT2D eigenvalue weighted by Gasteiger charge is 2.15. The largest absolute Gasteiger partial charge is 0.493 e. The van der Waals surface area contributed by atoms with Gasteiger partial charge in [0.2, 0.25) is 0 Å². The first-order valence-electron chi connectivity index (χ1n) is 7.91. The molecule has 0 saturated carbocycles. The quantitative estimate of drug-likeness (QED) is 0.803. The van der Waals surface area contributed by atoms with Gasteiger partial charge in [-0.15, -0.1) is 0 Å². The number of hydrogen-bond acceptors (Lipinski definition) is 4.